The van der Waals surface area contributed by atoms with Gasteiger partial charge < -0.3 is 4.74 Å². The van der Waals surface area contributed by atoms with E-state index in [9.17, 15) is 9.59 Å². The molecule has 2 aromatic heterocycles. The van der Waals surface area contributed by atoms with Crippen LogP contribution in [0.1, 0.15) is 33.4 Å². The third-order valence-electron chi connectivity index (χ3n) is 3.15. The number of thiazole rings is 1. The Balaban J connectivity index is 1.71. The average Bonchev–Trinajstić information content (AvgIpc) is 3.25. The summed E-state index contributed by atoms with van der Waals surface area (Å²) in [7, 11) is 0. The van der Waals surface area contributed by atoms with E-state index in [1.54, 1.807) is 35.6 Å². The van der Waals surface area contributed by atoms with Gasteiger partial charge in [-0.3, -0.25) is 4.79 Å². The summed E-state index contributed by atoms with van der Waals surface area (Å²) in [6.45, 7) is 1.81. The molecule has 0 fully saturated rings. The van der Waals surface area contributed by atoms with E-state index in [1.165, 1.54) is 17.5 Å². The summed E-state index contributed by atoms with van der Waals surface area (Å²) in [4.78, 5) is 29.5. The van der Waals surface area contributed by atoms with Crippen molar-refractivity contribution in [2.75, 3.05) is 0 Å². The number of nitrogens with zero attached hydrogens (tertiary/aromatic N) is 1. The van der Waals surface area contributed by atoms with Crippen molar-refractivity contribution in [1.29, 1.82) is 0 Å². The van der Waals surface area contributed by atoms with Crippen LogP contribution in [0.4, 0.5) is 0 Å². The Morgan fingerprint density at radius 1 is 1.17 bits per heavy atom. The van der Waals surface area contributed by atoms with Crippen molar-refractivity contribution in [1.82, 2.24) is 4.98 Å². The number of rotatable bonds is 5. The van der Waals surface area contributed by atoms with E-state index < -0.39 is 5.97 Å². The SMILES string of the molecule is CCC(=O)c1ccc(OC(=O)c2cnc(-c3cccs3)s2)cc1. The van der Waals surface area contributed by atoms with E-state index in [0.29, 0.717) is 22.6 Å². The molecule has 0 N–H and O–H groups in total. The number of aromatic nitrogens is 1. The summed E-state index contributed by atoms with van der Waals surface area (Å²) >= 11 is 2.88. The predicted octanol–water partition coefficient (Wildman–Crippen LogP) is 4.68. The Labute approximate surface area is 141 Å². The van der Waals surface area contributed by atoms with Gasteiger partial charge in [0.15, 0.2) is 5.78 Å². The number of hydrogen-bond donors (Lipinski definition) is 0. The Hall–Kier alpha value is -2.31. The van der Waals surface area contributed by atoms with E-state index in [2.05, 4.69) is 4.98 Å². The molecule has 0 aliphatic heterocycles. The third kappa shape index (κ3) is 3.55. The maximum absolute atomic E-state index is 12.2. The molecule has 0 amide bonds. The summed E-state index contributed by atoms with van der Waals surface area (Å²) in [5, 5.41) is 2.77. The monoisotopic (exact) mass is 343 g/mol. The summed E-state index contributed by atoms with van der Waals surface area (Å²) in [5.41, 5.74) is 0.616. The van der Waals surface area contributed by atoms with Crippen LogP contribution >= 0.6 is 22.7 Å². The molecule has 2 heterocycles. The molecule has 0 bridgehead atoms. The van der Waals surface area contributed by atoms with Gasteiger partial charge in [-0.25, -0.2) is 9.78 Å². The van der Waals surface area contributed by atoms with Crippen LogP contribution in [0.25, 0.3) is 9.88 Å². The molecule has 3 rings (SSSR count). The number of ether oxygens (including phenoxy) is 1. The number of carbonyl (C=O) groups excluding carboxylic acids is 2. The molecule has 23 heavy (non-hydrogen) atoms. The molecule has 0 radical (unpaired) electrons. The maximum Gasteiger partial charge on any atom is 0.355 e. The van der Waals surface area contributed by atoms with Crippen molar-refractivity contribution >= 4 is 34.4 Å². The molecular formula is C17H13NO3S2. The lowest BCUT2D eigenvalue weighted by atomic mass is 10.1. The molecule has 116 valence electrons. The Kier molecular flexibility index (Phi) is 4.64. The maximum atomic E-state index is 12.2. The average molecular weight is 343 g/mol. The first-order valence-corrected chi connectivity index (χ1v) is 8.72. The molecule has 4 nitrogen and oxygen atoms in total. The quantitative estimate of drug-likeness (QED) is 0.383. The van der Waals surface area contributed by atoms with Crippen LogP contribution in [0.5, 0.6) is 5.75 Å². The Morgan fingerprint density at radius 2 is 1.96 bits per heavy atom. The van der Waals surface area contributed by atoms with Gasteiger partial charge in [-0.15, -0.1) is 22.7 Å². The third-order valence-corrected chi connectivity index (χ3v) is 5.16. The van der Waals surface area contributed by atoms with Gasteiger partial charge in [0, 0.05) is 12.0 Å². The van der Waals surface area contributed by atoms with Gasteiger partial charge in [-0.2, -0.15) is 0 Å². The lowest BCUT2D eigenvalue weighted by molar-refractivity contribution is 0.0739. The van der Waals surface area contributed by atoms with E-state index in [1.807, 2.05) is 24.4 Å². The van der Waals surface area contributed by atoms with Crippen LogP contribution in [0.3, 0.4) is 0 Å². The molecule has 6 heteroatoms. The summed E-state index contributed by atoms with van der Waals surface area (Å²) < 4.78 is 5.32. The van der Waals surface area contributed by atoms with Crippen LogP contribution < -0.4 is 4.74 Å². The molecule has 0 saturated heterocycles. The number of esters is 1. The lowest BCUT2D eigenvalue weighted by Crippen LogP contribution is -2.06. The minimum Gasteiger partial charge on any atom is -0.422 e. The predicted molar refractivity (Wildman–Crippen MR) is 91.4 cm³/mol. The van der Waals surface area contributed by atoms with Gasteiger partial charge in [0.2, 0.25) is 0 Å². The minimum atomic E-state index is -0.445. The first-order chi connectivity index (χ1) is 11.2. The van der Waals surface area contributed by atoms with E-state index in [4.69, 9.17) is 4.74 Å². The molecule has 0 unspecified atom stereocenters. The summed E-state index contributed by atoms with van der Waals surface area (Å²) in [6, 6.07) is 10.5. The van der Waals surface area contributed by atoms with Crippen LogP contribution in [-0.2, 0) is 0 Å². The topological polar surface area (TPSA) is 56.3 Å². The first kappa shape index (κ1) is 15.6. The van der Waals surface area contributed by atoms with Crippen molar-refractivity contribution < 1.29 is 14.3 Å². The molecule has 0 spiro atoms. The largest absolute Gasteiger partial charge is 0.422 e. The highest BCUT2D eigenvalue weighted by Crippen LogP contribution is 2.29. The van der Waals surface area contributed by atoms with Gasteiger partial charge >= 0.3 is 5.97 Å². The zero-order chi connectivity index (χ0) is 16.2. The van der Waals surface area contributed by atoms with Gasteiger partial charge in [0.25, 0.3) is 0 Å². The minimum absolute atomic E-state index is 0.0610. The Morgan fingerprint density at radius 3 is 2.61 bits per heavy atom. The fourth-order valence-corrected chi connectivity index (χ4v) is 3.55. The van der Waals surface area contributed by atoms with Gasteiger partial charge in [-0.05, 0) is 35.7 Å². The lowest BCUT2D eigenvalue weighted by Gasteiger charge is -2.03. The second-order valence-corrected chi connectivity index (χ2v) is 6.68. The second-order valence-electron chi connectivity index (χ2n) is 4.70. The number of thiophene rings is 1. The van der Waals surface area contributed by atoms with Gasteiger partial charge in [0.05, 0.1) is 11.1 Å². The Bertz CT molecular complexity index is 820. The molecule has 0 aliphatic carbocycles. The molecule has 0 saturated carbocycles. The fraction of sp³-hybridized carbons (Fsp3) is 0.118. The highest BCUT2D eigenvalue weighted by Gasteiger charge is 2.14. The van der Waals surface area contributed by atoms with Crippen LogP contribution in [0, 0.1) is 0 Å². The van der Waals surface area contributed by atoms with E-state index in [0.717, 1.165) is 9.88 Å². The second kappa shape index (κ2) is 6.85. The normalized spacial score (nSPS) is 10.5. The zero-order valence-corrected chi connectivity index (χ0v) is 13.9. The molecule has 3 aromatic rings. The van der Waals surface area contributed by atoms with E-state index in [-0.39, 0.29) is 5.78 Å². The smallest absolute Gasteiger partial charge is 0.355 e. The van der Waals surface area contributed by atoms with Crippen LogP contribution in [0.2, 0.25) is 0 Å². The zero-order valence-electron chi connectivity index (χ0n) is 12.3. The van der Waals surface area contributed by atoms with Crippen molar-refractivity contribution in [2.45, 2.75) is 13.3 Å². The summed E-state index contributed by atoms with van der Waals surface area (Å²) in [6.07, 6.45) is 1.97. The summed E-state index contributed by atoms with van der Waals surface area (Å²) in [5.74, 6) is 0.0273. The number of ketones is 1. The van der Waals surface area contributed by atoms with Crippen molar-refractivity contribution in [3.05, 3.63) is 58.4 Å². The highest BCUT2D eigenvalue weighted by molar-refractivity contribution is 7.21. The van der Waals surface area contributed by atoms with Crippen LogP contribution in [0.15, 0.2) is 48.0 Å². The standard InChI is InChI=1S/C17H13NO3S2/c1-2-13(19)11-5-7-12(8-6-11)21-17(20)15-10-18-16(23-15)14-4-3-9-22-14/h3-10H,2H2,1H3. The van der Waals surface area contributed by atoms with Crippen molar-refractivity contribution in [3.8, 4) is 15.6 Å². The van der Waals surface area contributed by atoms with Gasteiger partial charge in [0.1, 0.15) is 15.6 Å². The molecule has 0 atom stereocenters. The number of benzene rings is 1. The number of carbonyl (C=O) groups is 2. The fourth-order valence-electron chi connectivity index (χ4n) is 1.95. The number of Topliss-reactive ketones (excluding diaryl/α,β-unsaturated/α-hetero) is 1. The highest BCUT2D eigenvalue weighted by atomic mass is 32.1. The number of hydrogen-bond acceptors (Lipinski definition) is 6. The van der Waals surface area contributed by atoms with Crippen LogP contribution in [-0.4, -0.2) is 16.7 Å². The molecular weight excluding hydrogens is 330 g/mol. The van der Waals surface area contributed by atoms with Gasteiger partial charge in [-0.1, -0.05) is 13.0 Å². The molecule has 0 aliphatic rings. The van der Waals surface area contributed by atoms with E-state index >= 15 is 0 Å². The first-order valence-electron chi connectivity index (χ1n) is 7.02. The van der Waals surface area contributed by atoms with Crippen molar-refractivity contribution in [2.24, 2.45) is 0 Å². The van der Waals surface area contributed by atoms with Crippen molar-refractivity contribution in [3.63, 3.8) is 0 Å². The molecule has 1 aromatic carbocycles.